The normalized spacial score (nSPS) is 27.5. The minimum Gasteiger partial charge on any atom is -0.480 e. The van der Waals surface area contributed by atoms with Crippen molar-refractivity contribution in [1.82, 2.24) is 0 Å². The average Bonchev–Trinajstić information content (AvgIpc) is 2.91. The number of carboxylic acid groups (broad SMARTS) is 1. The number of aliphatic carboxylic acids is 1. The molecule has 0 aliphatic heterocycles. The number of halogens is 1. The van der Waals surface area contributed by atoms with Crippen LogP contribution in [-0.4, -0.2) is 22.4 Å². The highest BCUT2D eigenvalue weighted by atomic mass is 35.5. The molecule has 1 aliphatic carbocycles. The van der Waals surface area contributed by atoms with Crippen LogP contribution in [0.4, 0.5) is 0 Å². The summed E-state index contributed by atoms with van der Waals surface area (Å²) in [5, 5.41) is 9.28. The highest BCUT2D eigenvalue weighted by Crippen LogP contribution is 2.43. The molecule has 16 heavy (non-hydrogen) atoms. The van der Waals surface area contributed by atoms with E-state index in [-0.39, 0.29) is 12.2 Å². The van der Waals surface area contributed by atoms with Crippen LogP contribution in [-0.2, 0) is 4.79 Å². The summed E-state index contributed by atoms with van der Waals surface area (Å²) in [6.45, 7) is 0. The summed E-state index contributed by atoms with van der Waals surface area (Å²) >= 11 is 5.75. The van der Waals surface area contributed by atoms with Crippen molar-refractivity contribution in [2.24, 2.45) is 11.7 Å². The fourth-order valence-electron chi connectivity index (χ4n) is 1.68. The molecular weight excluding hydrogens is 230 g/mol. The van der Waals surface area contributed by atoms with E-state index in [1.165, 1.54) is 6.07 Å². The SMILES string of the molecule is NC1(C(=O)O)CC1C(=O)c1cccc(Cl)c1. The van der Waals surface area contributed by atoms with E-state index in [4.69, 9.17) is 22.4 Å². The van der Waals surface area contributed by atoms with Crippen LogP contribution in [0.25, 0.3) is 0 Å². The Hall–Kier alpha value is -1.39. The third-order valence-corrected chi connectivity index (χ3v) is 3.06. The fourth-order valence-corrected chi connectivity index (χ4v) is 1.88. The number of carbonyl (C=O) groups excluding carboxylic acids is 1. The van der Waals surface area contributed by atoms with E-state index in [9.17, 15) is 9.59 Å². The molecule has 5 heteroatoms. The maximum Gasteiger partial charge on any atom is 0.324 e. The first kappa shape index (κ1) is 11.1. The lowest BCUT2D eigenvalue weighted by Gasteiger charge is -2.04. The van der Waals surface area contributed by atoms with Gasteiger partial charge in [-0.25, -0.2) is 0 Å². The Labute approximate surface area is 97.0 Å². The van der Waals surface area contributed by atoms with Gasteiger partial charge in [-0.2, -0.15) is 0 Å². The number of hydrogen-bond donors (Lipinski definition) is 2. The quantitative estimate of drug-likeness (QED) is 0.780. The number of ketones is 1. The van der Waals surface area contributed by atoms with Gasteiger partial charge in [0.25, 0.3) is 0 Å². The molecule has 0 radical (unpaired) electrons. The fraction of sp³-hybridized carbons (Fsp3) is 0.273. The molecule has 0 heterocycles. The number of rotatable bonds is 3. The van der Waals surface area contributed by atoms with Crippen molar-refractivity contribution in [3.63, 3.8) is 0 Å². The summed E-state index contributed by atoms with van der Waals surface area (Å²) in [5.41, 5.74) is 4.58. The zero-order chi connectivity index (χ0) is 11.9. The van der Waals surface area contributed by atoms with E-state index in [1.807, 2.05) is 0 Å². The maximum atomic E-state index is 11.9. The second kappa shape index (κ2) is 3.57. The maximum absolute atomic E-state index is 11.9. The van der Waals surface area contributed by atoms with Crippen LogP contribution < -0.4 is 5.73 Å². The monoisotopic (exact) mass is 239 g/mol. The lowest BCUT2D eigenvalue weighted by atomic mass is 10.0. The summed E-state index contributed by atoms with van der Waals surface area (Å²) in [6, 6.07) is 6.42. The predicted molar refractivity (Wildman–Crippen MR) is 58.4 cm³/mol. The largest absolute Gasteiger partial charge is 0.480 e. The van der Waals surface area contributed by atoms with Crippen LogP contribution in [0.15, 0.2) is 24.3 Å². The molecule has 0 spiro atoms. The number of hydrogen-bond acceptors (Lipinski definition) is 3. The molecule has 0 amide bonds. The van der Waals surface area contributed by atoms with Gasteiger partial charge < -0.3 is 10.8 Å². The molecule has 4 nitrogen and oxygen atoms in total. The summed E-state index contributed by atoms with van der Waals surface area (Å²) in [7, 11) is 0. The van der Waals surface area contributed by atoms with Crippen LogP contribution in [0.5, 0.6) is 0 Å². The molecule has 1 aliphatic rings. The second-order valence-electron chi connectivity index (χ2n) is 3.98. The zero-order valence-electron chi connectivity index (χ0n) is 8.31. The van der Waals surface area contributed by atoms with Crippen LogP contribution in [0.1, 0.15) is 16.8 Å². The van der Waals surface area contributed by atoms with Gasteiger partial charge in [0.1, 0.15) is 5.54 Å². The lowest BCUT2D eigenvalue weighted by molar-refractivity contribution is -0.139. The first-order valence-corrected chi connectivity index (χ1v) is 5.15. The minimum atomic E-state index is -1.39. The van der Waals surface area contributed by atoms with Gasteiger partial charge in [-0.05, 0) is 18.6 Å². The van der Waals surface area contributed by atoms with E-state index < -0.39 is 17.4 Å². The molecule has 0 aromatic heterocycles. The summed E-state index contributed by atoms with van der Waals surface area (Å²) < 4.78 is 0. The predicted octanol–water partition coefficient (Wildman–Crippen LogP) is 1.32. The minimum absolute atomic E-state index is 0.188. The molecule has 0 saturated heterocycles. The number of carbonyl (C=O) groups is 2. The first-order chi connectivity index (χ1) is 7.45. The Kier molecular flexibility index (Phi) is 2.48. The zero-order valence-corrected chi connectivity index (χ0v) is 9.07. The Morgan fingerprint density at radius 1 is 1.50 bits per heavy atom. The van der Waals surface area contributed by atoms with Gasteiger partial charge in [-0.15, -0.1) is 0 Å². The van der Waals surface area contributed by atoms with Crippen molar-refractivity contribution < 1.29 is 14.7 Å². The molecule has 2 atom stereocenters. The third kappa shape index (κ3) is 1.70. The van der Waals surface area contributed by atoms with Gasteiger partial charge >= 0.3 is 5.97 Å². The summed E-state index contributed by atoms with van der Waals surface area (Å²) in [5.74, 6) is -2.02. The van der Waals surface area contributed by atoms with Crippen LogP contribution in [0.3, 0.4) is 0 Å². The van der Waals surface area contributed by atoms with Crippen molar-refractivity contribution in [2.75, 3.05) is 0 Å². The molecule has 0 bridgehead atoms. The van der Waals surface area contributed by atoms with E-state index in [2.05, 4.69) is 0 Å². The molecule has 1 aromatic carbocycles. The van der Waals surface area contributed by atoms with Crippen molar-refractivity contribution in [2.45, 2.75) is 12.0 Å². The smallest absolute Gasteiger partial charge is 0.324 e. The standard InChI is InChI=1S/C11H10ClNO3/c12-7-3-1-2-6(4-7)9(14)8-5-11(8,13)10(15)16/h1-4,8H,5,13H2,(H,15,16). The molecule has 3 N–H and O–H groups in total. The number of Topliss-reactive ketones (excluding diaryl/α,β-unsaturated/α-hetero) is 1. The molecule has 2 rings (SSSR count). The van der Waals surface area contributed by atoms with Gasteiger partial charge in [0.2, 0.25) is 0 Å². The molecule has 2 unspecified atom stereocenters. The first-order valence-electron chi connectivity index (χ1n) is 4.77. The van der Waals surface area contributed by atoms with Gasteiger partial charge in [-0.3, -0.25) is 9.59 Å². The highest BCUT2D eigenvalue weighted by molar-refractivity contribution is 6.31. The van der Waals surface area contributed by atoms with Crippen LogP contribution in [0.2, 0.25) is 5.02 Å². The summed E-state index contributed by atoms with van der Waals surface area (Å²) in [4.78, 5) is 22.7. The number of carboxylic acids is 1. The molecule has 1 saturated carbocycles. The van der Waals surface area contributed by atoms with E-state index in [0.29, 0.717) is 10.6 Å². The summed E-state index contributed by atoms with van der Waals surface area (Å²) in [6.07, 6.45) is 0.188. The van der Waals surface area contributed by atoms with E-state index in [0.717, 1.165) is 0 Å². The van der Waals surface area contributed by atoms with Crippen molar-refractivity contribution in [1.29, 1.82) is 0 Å². The van der Waals surface area contributed by atoms with Crippen molar-refractivity contribution in [3.8, 4) is 0 Å². The third-order valence-electron chi connectivity index (χ3n) is 2.83. The van der Waals surface area contributed by atoms with Crippen LogP contribution in [0, 0.1) is 5.92 Å². The van der Waals surface area contributed by atoms with E-state index >= 15 is 0 Å². The molecular formula is C11H10ClNO3. The topological polar surface area (TPSA) is 80.4 Å². The number of benzene rings is 1. The molecule has 1 fully saturated rings. The lowest BCUT2D eigenvalue weighted by Crippen LogP contribution is -2.36. The highest BCUT2D eigenvalue weighted by Gasteiger charge is 2.61. The van der Waals surface area contributed by atoms with Gasteiger partial charge in [0, 0.05) is 10.6 Å². The van der Waals surface area contributed by atoms with Crippen LogP contribution >= 0.6 is 11.6 Å². The van der Waals surface area contributed by atoms with E-state index in [1.54, 1.807) is 18.2 Å². The Morgan fingerprint density at radius 3 is 2.69 bits per heavy atom. The van der Waals surface area contributed by atoms with Gasteiger partial charge in [-0.1, -0.05) is 23.7 Å². The number of nitrogens with two attached hydrogens (primary N) is 1. The average molecular weight is 240 g/mol. The molecule has 1 aromatic rings. The van der Waals surface area contributed by atoms with Crippen molar-refractivity contribution >= 4 is 23.4 Å². The Morgan fingerprint density at radius 2 is 2.19 bits per heavy atom. The Bertz CT molecular complexity index is 474. The van der Waals surface area contributed by atoms with Crippen molar-refractivity contribution in [3.05, 3.63) is 34.9 Å². The van der Waals surface area contributed by atoms with Gasteiger partial charge in [0.15, 0.2) is 5.78 Å². The second-order valence-corrected chi connectivity index (χ2v) is 4.41. The van der Waals surface area contributed by atoms with Gasteiger partial charge in [0.05, 0.1) is 5.92 Å². The molecule has 84 valence electrons. The Balaban J connectivity index is 2.20.